The Morgan fingerprint density at radius 2 is 2.06 bits per heavy atom. The number of aliphatic carboxylic acids is 1. The lowest BCUT2D eigenvalue weighted by molar-refractivity contribution is -0.138. The minimum absolute atomic E-state index is 0.328. The zero-order chi connectivity index (χ0) is 11.4. The van der Waals surface area contributed by atoms with Crippen molar-refractivity contribution in [2.75, 3.05) is 0 Å². The Morgan fingerprint density at radius 3 is 2.62 bits per heavy atom. The van der Waals surface area contributed by atoms with Crippen LogP contribution < -0.4 is 0 Å². The predicted molar refractivity (Wildman–Crippen MR) is 61.2 cm³/mol. The summed E-state index contributed by atoms with van der Waals surface area (Å²) >= 11 is 0. The number of rotatable bonds is 3. The fourth-order valence-corrected chi connectivity index (χ4v) is 2.53. The molecule has 0 bridgehead atoms. The van der Waals surface area contributed by atoms with Crippen molar-refractivity contribution in [1.29, 1.82) is 0 Å². The van der Waals surface area contributed by atoms with Gasteiger partial charge in [0.05, 0.1) is 0 Å². The Bertz CT molecular complexity index is 342. The van der Waals surface area contributed by atoms with Gasteiger partial charge in [-0.3, -0.25) is 9.78 Å². The van der Waals surface area contributed by atoms with E-state index in [9.17, 15) is 4.79 Å². The predicted octanol–water partition coefficient (Wildman–Crippen LogP) is 2.83. The number of nitrogens with zero attached hydrogens (tertiary/aromatic N) is 1. The quantitative estimate of drug-likeness (QED) is 0.850. The van der Waals surface area contributed by atoms with E-state index >= 15 is 0 Å². The summed E-state index contributed by atoms with van der Waals surface area (Å²) in [5.41, 5.74) is 1.16. The minimum Gasteiger partial charge on any atom is -0.481 e. The first-order valence-corrected chi connectivity index (χ1v) is 5.88. The van der Waals surface area contributed by atoms with E-state index in [0.717, 1.165) is 31.4 Å². The largest absolute Gasteiger partial charge is 0.481 e. The monoisotopic (exact) mass is 219 g/mol. The van der Waals surface area contributed by atoms with Crippen LogP contribution in [0.15, 0.2) is 24.4 Å². The van der Waals surface area contributed by atoms with Crippen LogP contribution in [-0.2, 0) is 4.79 Å². The van der Waals surface area contributed by atoms with E-state index < -0.39 is 5.97 Å². The highest BCUT2D eigenvalue weighted by Crippen LogP contribution is 2.35. The van der Waals surface area contributed by atoms with E-state index in [1.807, 2.05) is 18.3 Å². The molecule has 1 fully saturated rings. The Kier molecular flexibility index (Phi) is 3.54. The van der Waals surface area contributed by atoms with Crippen LogP contribution in [0.5, 0.6) is 0 Å². The van der Waals surface area contributed by atoms with Crippen LogP contribution in [0.2, 0.25) is 0 Å². The smallest absolute Gasteiger partial charge is 0.303 e. The van der Waals surface area contributed by atoms with E-state index in [1.165, 1.54) is 0 Å². The van der Waals surface area contributed by atoms with Crippen molar-refractivity contribution in [3.05, 3.63) is 30.1 Å². The van der Waals surface area contributed by atoms with Crippen LogP contribution in [0, 0.1) is 5.92 Å². The molecule has 0 aliphatic heterocycles. The van der Waals surface area contributed by atoms with Gasteiger partial charge in [-0.05, 0) is 43.7 Å². The summed E-state index contributed by atoms with van der Waals surface area (Å²) in [6, 6.07) is 6.02. The molecule has 0 unspecified atom stereocenters. The van der Waals surface area contributed by atoms with E-state index in [2.05, 4.69) is 11.1 Å². The summed E-state index contributed by atoms with van der Waals surface area (Å²) in [4.78, 5) is 15.0. The second kappa shape index (κ2) is 5.10. The molecule has 1 N–H and O–H groups in total. The average Bonchev–Trinajstić information content (AvgIpc) is 2.30. The first-order chi connectivity index (χ1) is 7.75. The lowest BCUT2D eigenvalue weighted by atomic mass is 9.79. The molecule has 16 heavy (non-hydrogen) atoms. The maximum Gasteiger partial charge on any atom is 0.303 e. The van der Waals surface area contributed by atoms with Crippen molar-refractivity contribution < 1.29 is 9.90 Å². The average molecular weight is 219 g/mol. The third kappa shape index (κ3) is 2.81. The topological polar surface area (TPSA) is 50.2 Å². The maximum absolute atomic E-state index is 10.6. The zero-order valence-corrected chi connectivity index (χ0v) is 9.30. The lowest BCUT2D eigenvalue weighted by Gasteiger charge is -2.27. The Morgan fingerprint density at radius 1 is 1.31 bits per heavy atom. The third-order valence-corrected chi connectivity index (χ3v) is 3.42. The molecule has 3 nitrogen and oxygen atoms in total. The van der Waals surface area contributed by atoms with Gasteiger partial charge in [0, 0.05) is 24.2 Å². The Hall–Kier alpha value is -1.38. The molecule has 0 atom stereocenters. The normalized spacial score (nSPS) is 25.2. The molecule has 1 aromatic heterocycles. The summed E-state index contributed by atoms with van der Waals surface area (Å²) in [5, 5.41) is 8.74. The maximum atomic E-state index is 10.6. The molecular formula is C13H17NO2. The number of hydrogen-bond donors (Lipinski definition) is 1. The van der Waals surface area contributed by atoms with Crippen LogP contribution in [0.3, 0.4) is 0 Å². The second-order valence-electron chi connectivity index (χ2n) is 4.57. The van der Waals surface area contributed by atoms with Crippen LogP contribution in [0.4, 0.5) is 0 Å². The molecule has 1 aliphatic rings. The first kappa shape index (κ1) is 11.1. The molecule has 1 aliphatic carbocycles. The van der Waals surface area contributed by atoms with E-state index in [-0.39, 0.29) is 0 Å². The summed E-state index contributed by atoms with van der Waals surface area (Å²) in [7, 11) is 0. The van der Waals surface area contributed by atoms with Gasteiger partial charge >= 0.3 is 5.97 Å². The van der Waals surface area contributed by atoms with Gasteiger partial charge in [0.1, 0.15) is 0 Å². The summed E-state index contributed by atoms with van der Waals surface area (Å²) in [6.45, 7) is 0. The molecule has 1 heterocycles. The highest BCUT2D eigenvalue weighted by molar-refractivity contribution is 5.67. The summed E-state index contributed by atoms with van der Waals surface area (Å²) < 4.78 is 0. The third-order valence-electron chi connectivity index (χ3n) is 3.42. The number of carboxylic acids is 1. The molecule has 0 aromatic carbocycles. The second-order valence-corrected chi connectivity index (χ2v) is 4.57. The van der Waals surface area contributed by atoms with Gasteiger partial charge in [0.2, 0.25) is 0 Å². The van der Waals surface area contributed by atoms with Crippen molar-refractivity contribution in [3.63, 3.8) is 0 Å². The Balaban J connectivity index is 1.88. The zero-order valence-electron chi connectivity index (χ0n) is 9.30. The van der Waals surface area contributed by atoms with Crippen LogP contribution in [0.25, 0.3) is 0 Å². The highest BCUT2D eigenvalue weighted by Gasteiger charge is 2.24. The van der Waals surface area contributed by atoms with E-state index in [1.54, 1.807) is 0 Å². The SMILES string of the molecule is O=C(O)CC1CCC(c2ccccn2)CC1. The number of carbonyl (C=O) groups is 1. The molecule has 2 rings (SSSR count). The van der Waals surface area contributed by atoms with Gasteiger partial charge in [-0.25, -0.2) is 0 Å². The summed E-state index contributed by atoms with van der Waals surface area (Å²) in [5.74, 6) is 0.241. The molecular weight excluding hydrogens is 202 g/mol. The number of hydrogen-bond acceptors (Lipinski definition) is 2. The molecule has 0 saturated heterocycles. The van der Waals surface area contributed by atoms with Gasteiger partial charge < -0.3 is 5.11 Å². The van der Waals surface area contributed by atoms with Gasteiger partial charge in [0.25, 0.3) is 0 Å². The number of pyridine rings is 1. The first-order valence-electron chi connectivity index (χ1n) is 5.88. The van der Waals surface area contributed by atoms with Crippen molar-refractivity contribution in [2.45, 2.75) is 38.0 Å². The van der Waals surface area contributed by atoms with Gasteiger partial charge in [0.15, 0.2) is 0 Å². The fraction of sp³-hybridized carbons (Fsp3) is 0.538. The van der Waals surface area contributed by atoms with Crippen LogP contribution in [-0.4, -0.2) is 16.1 Å². The van der Waals surface area contributed by atoms with Crippen LogP contribution in [0.1, 0.15) is 43.7 Å². The molecule has 0 amide bonds. The van der Waals surface area contributed by atoms with Crippen LogP contribution >= 0.6 is 0 Å². The fourth-order valence-electron chi connectivity index (χ4n) is 2.53. The standard InChI is InChI=1S/C13H17NO2/c15-13(16)9-10-4-6-11(7-5-10)12-3-1-2-8-14-12/h1-3,8,10-11H,4-7,9H2,(H,15,16). The molecule has 3 heteroatoms. The number of carboxylic acid groups (broad SMARTS) is 1. The van der Waals surface area contributed by atoms with Gasteiger partial charge in [-0.1, -0.05) is 6.07 Å². The highest BCUT2D eigenvalue weighted by atomic mass is 16.4. The van der Waals surface area contributed by atoms with Crippen molar-refractivity contribution in [2.24, 2.45) is 5.92 Å². The van der Waals surface area contributed by atoms with Gasteiger partial charge in [-0.2, -0.15) is 0 Å². The molecule has 0 radical (unpaired) electrons. The Labute approximate surface area is 95.5 Å². The summed E-state index contributed by atoms with van der Waals surface area (Å²) in [6.07, 6.45) is 6.36. The van der Waals surface area contributed by atoms with Crippen molar-refractivity contribution in [1.82, 2.24) is 4.98 Å². The van der Waals surface area contributed by atoms with E-state index in [4.69, 9.17) is 5.11 Å². The molecule has 86 valence electrons. The van der Waals surface area contributed by atoms with E-state index in [0.29, 0.717) is 18.3 Å². The molecule has 0 spiro atoms. The minimum atomic E-state index is -0.665. The number of aromatic nitrogens is 1. The lowest BCUT2D eigenvalue weighted by Crippen LogP contribution is -2.16. The molecule has 1 saturated carbocycles. The van der Waals surface area contributed by atoms with Crippen molar-refractivity contribution in [3.8, 4) is 0 Å². The van der Waals surface area contributed by atoms with Crippen molar-refractivity contribution >= 4 is 5.97 Å². The molecule has 1 aromatic rings. The van der Waals surface area contributed by atoms with Gasteiger partial charge in [-0.15, -0.1) is 0 Å².